The van der Waals surface area contributed by atoms with Gasteiger partial charge in [0.15, 0.2) is 5.78 Å². The first-order valence-corrected chi connectivity index (χ1v) is 9.12. The van der Waals surface area contributed by atoms with Gasteiger partial charge >= 0.3 is 0 Å². The van der Waals surface area contributed by atoms with E-state index >= 15 is 0 Å². The third kappa shape index (κ3) is 4.67. The second-order valence-corrected chi connectivity index (χ2v) is 7.16. The molecular weight excluding hydrogens is 282 g/mol. The topological polar surface area (TPSA) is 40.9 Å². The van der Waals surface area contributed by atoms with Crippen LogP contribution in [0, 0.1) is 16.7 Å². The van der Waals surface area contributed by atoms with Crippen LogP contribution in [0.2, 0.25) is 0 Å². The minimum atomic E-state index is -0.0798. The third-order valence-electron chi connectivity index (χ3n) is 5.48. The molecule has 0 saturated heterocycles. The molecule has 0 amide bonds. The highest BCUT2D eigenvalue weighted by Gasteiger charge is 2.35. The monoisotopic (exact) mass is 311 g/mol. The van der Waals surface area contributed by atoms with Gasteiger partial charge in [0, 0.05) is 5.56 Å². The number of carbonyl (C=O) groups excluding carboxylic acids is 1. The maximum absolute atomic E-state index is 11.4. The van der Waals surface area contributed by atoms with Gasteiger partial charge in [0.25, 0.3) is 0 Å². The van der Waals surface area contributed by atoms with Crippen LogP contribution in [0.5, 0.6) is 0 Å². The van der Waals surface area contributed by atoms with Crippen LogP contribution in [0.1, 0.15) is 93.5 Å². The average Bonchev–Trinajstić information content (AvgIpc) is 2.59. The molecule has 23 heavy (non-hydrogen) atoms. The highest BCUT2D eigenvalue weighted by Crippen LogP contribution is 2.45. The lowest BCUT2D eigenvalue weighted by molar-refractivity contribution is 0.101. The Labute approximate surface area is 140 Å². The van der Waals surface area contributed by atoms with Crippen molar-refractivity contribution in [3.63, 3.8) is 0 Å². The van der Waals surface area contributed by atoms with E-state index in [0.717, 1.165) is 37.7 Å². The smallest absolute Gasteiger partial charge is 0.159 e. The molecule has 1 aromatic carbocycles. The molecule has 0 aromatic heterocycles. The number of carbonyl (C=O) groups is 1. The van der Waals surface area contributed by atoms with Crippen LogP contribution < -0.4 is 0 Å². The molecule has 0 aliphatic heterocycles. The third-order valence-corrected chi connectivity index (χ3v) is 5.48. The summed E-state index contributed by atoms with van der Waals surface area (Å²) in [6, 6.07) is 10.7. The highest BCUT2D eigenvalue weighted by atomic mass is 16.1. The number of rotatable bonds is 7. The number of nitriles is 1. The standard InChI is InChI=1S/C21H29NO/c1-3-4-5-6-13-21(16-22)14-11-20(12-15-21)19-9-7-18(8-10-19)17(2)23/h7-10,20H,3-6,11-15H2,1-2H3. The maximum atomic E-state index is 11.4. The fraction of sp³-hybridized carbons (Fsp3) is 0.619. The summed E-state index contributed by atoms with van der Waals surface area (Å²) in [7, 11) is 0. The summed E-state index contributed by atoms with van der Waals surface area (Å²) in [6.07, 6.45) is 10.3. The van der Waals surface area contributed by atoms with Gasteiger partial charge in [-0.15, -0.1) is 0 Å². The van der Waals surface area contributed by atoms with Crippen LogP contribution in [0.4, 0.5) is 0 Å². The number of unbranched alkanes of at least 4 members (excludes halogenated alkanes) is 3. The van der Waals surface area contributed by atoms with Gasteiger partial charge in [0.05, 0.1) is 11.5 Å². The van der Waals surface area contributed by atoms with Crippen molar-refractivity contribution in [3.05, 3.63) is 35.4 Å². The van der Waals surface area contributed by atoms with Crippen LogP contribution >= 0.6 is 0 Å². The van der Waals surface area contributed by atoms with Gasteiger partial charge in [-0.05, 0) is 50.5 Å². The molecule has 1 fully saturated rings. The molecule has 1 aromatic rings. The quantitative estimate of drug-likeness (QED) is 0.456. The van der Waals surface area contributed by atoms with Gasteiger partial charge in [0.2, 0.25) is 0 Å². The summed E-state index contributed by atoms with van der Waals surface area (Å²) in [4.78, 5) is 11.4. The van der Waals surface area contributed by atoms with E-state index in [-0.39, 0.29) is 11.2 Å². The number of hydrogen-bond donors (Lipinski definition) is 0. The molecule has 1 saturated carbocycles. The zero-order chi connectivity index (χ0) is 16.7. The number of Topliss-reactive ketones (excluding diaryl/α,β-unsaturated/α-hetero) is 1. The number of nitrogens with zero attached hydrogens (tertiary/aromatic N) is 1. The molecule has 0 bridgehead atoms. The zero-order valence-corrected chi connectivity index (χ0v) is 14.6. The Balaban J connectivity index is 1.91. The van der Waals surface area contributed by atoms with E-state index in [2.05, 4.69) is 25.1 Å². The van der Waals surface area contributed by atoms with Gasteiger partial charge < -0.3 is 0 Å². The van der Waals surface area contributed by atoms with Gasteiger partial charge in [-0.1, -0.05) is 56.9 Å². The largest absolute Gasteiger partial charge is 0.295 e. The number of hydrogen-bond acceptors (Lipinski definition) is 2. The lowest BCUT2D eigenvalue weighted by Gasteiger charge is -2.35. The second kappa shape index (κ2) is 8.29. The summed E-state index contributed by atoms with van der Waals surface area (Å²) in [5.74, 6) is 0.670. The van der Waals surface area contributed by atoms with Crippen LogP contribution in [0.25, 0.3) is 0 Å². The Kier molecular flexibility index (Phi) is 6.39. The van der Waals surface area contributed by atoms with Crippen molar-refractivity contribution >= 4 is 5.78 Å². The van der Waals surface area contributed by atoms with Gasteiger partial charge in [-0.2, -0.15) is 5.26 Å². The highest BCUT2D eigenvalue weighted by molar-refractivity contribution is 5.94. The van der Waals surface area contributed by atoms with Crippen molar-refractivity contribution in [2.24, 2.45) is 5.41 Å². The minimum absolute atomic E-state index is 0.0798. The van der Waals surface area contributed by atoms with E-state index in [9.17, 15) is 10.1 Å². The summed E-state index contributed by atoms with van der Waals surface area (Å²) >= 11 is 0. The van der Waals surface area contributed by atoms with Crippen LogP contribution in [0.3, 0.4) is 0 Å². The predicted molar refractivity (Wildman–Crippen MR) is 94.5 cm³/mol. The fourth-order valence-electron chi connectivity index (χ4n) is 3.80. The summed E-state index contributed by atoms with van der Waals surface area (Å²) in [6.45, 7) is 3.83. The zero-order valence-electron chi connectivity index (χ0n) is 14.6. The van der Waals surface area contributed by atoms with Gasteiger partial charge in [0.1, 0.15) is 0 Å². The summed E-state index contributed by atoms with van der Waals surface area (Å²) in [5, 5.41) is 9.66. The van der Waals surface area contributed by atoms with Crippen LogP contribution in [-0.2, 0) is 0 Å². The summed E-state index contributed by atoms with van der Waals surface area (Å²) < 4.78 is 0. The van der Waals surface area contributed by atoms with Crippen molar-refractivity contribution in [1.82, 2.24) is 0 Å². The molecule has 0 unspecified atom stereocenters. The maximum Gasteiger partial charge on any atom is 0.159 e. The Morgan fingerprint density at radius 1 is 1.17 bits per heavy atom. The first-order valence-electron chi connectivity index (χ1n) is 9.12. The lowest BCUT2D eigenvalue weighted by atomic mass is 9.67. The van der Waals surface area contributed by atoms with Crippen LogP contribution in [-0.4, -0.2) is 5.78 Å². The molecule has 2 rings (SSSR count). The van der Waals surface area contributed by atoms with E-state index in [4.69, 9.17) is 0 Å². The Bertz CT molecular complexity index is 544. The summed E-state index contributed by atoms with van der Waals surface area (Å²) in [5.41, 5.74) is 2.03. The molecule has 0 N–H and O–H groups in total. The van der Waals surface area contributed by atoms with Crippen molar-refractivity contribution in [2.45, 2.75) is 77.6 Å². The molecule has 1 aliphatic carbocycles. The van der Waals surface area contributed by atoms with E-state index in [1.807, 2.05) is 12.1 Å². The molecule has 2 heteroatoms. The Hall–Kier alpha value is -1.62. The molecule has 2 nitrogen and oxygen atoms in total. The molecule has 0 atom stereocenters. The fourth-order valence-corrected chi connectivity index (χ4v) is 3.80. The normalized spacial score (nSPS) is 24.1. The lowest BCUT2D eigenvalue weighted by Crippen LogP contribution is -2.25. The first kappa shape index (κ1) is 17.7. The van der Waals surface area contributed by atoms with Crippen molar-refractivity contribution in [3.8, 4) is 6.07 Å². The van der Waals surface area contributed by atoms with Crippen molar-refractivity contribution < 1.29 is 4.79 Å². The SMILES string of the molecule is CCCCCCC1(C#N)CCC(c2ccc(C(C)=O)cc2)CC1. The van der Waals surface area contributed by atoms with Gasteiger partial charge in [-0.25, -0.2) is 0 Å². The molecular formula is C21H29NO. The molecule has 124 valence electrons. The van der Waals surface area contributed by atoms with E-state index in [1.165, 1.54) is 31.2 Å². The number of benzene rings is 1. The minimum Gasteiger partial charge on any atom is -0.295 e. The first-order chi connectivity index (χ1) is 11.1. The average molecular weight is 311 g/mol. The predicted octanol–water partition coefficient (Wildman–Crippen LogP) is 6.03. The van der Waals surface area contributed by atoms with E-state index in [1.54, 1.807) is 6.92 Å². The van der Waals surface area contributed by atoms with Crippen molar-refractivity contribution in [1.29, 1.82) is 5.26 Å². The Morgan fingerprint density at radius 2 is 1.83 bits per heavy atom. The van der Waals surface area contributed by atoms with Crippen LogP contribution in [0.15, 0.2) is 24.3 Å². The number of ketones is 1. The van der Waals surface area contributed by atoms with Gasteiger partial charge in [-0.3, -0.25) is 4.79 Å². The Morgan fingerprint density at radius 3 is 2.35 bits per heavy atom. The van der Waals surface area contributed by atoms with Crippen molar-refractivity contribution in [2.75, 3.05) is 0 Å². The molecule has 0 heterocycles. The molecule has 0 radical (unpaired) electrons. The van der Waals surface area contributed by atoms with E-state index < -0.39 is 0 Å². The second-order valence-electron chi connectivity index (χ2n) is 7.16. The molecule has 0 spiro atoms. The molecule has 1 aliphatic rings. The van der Waals surface area contributed by atoms with E-state index in [0.29, 0.717) is 5.92 Å².